The van der Waals surface area contributed by atoms with Gasteiger partial charge in [-0.25, -0.2) is 0 Å². The number of nitrogens with zero attached hydrogens (tertiary/aromatic N) is 3. The molecule has 0 saturated carbocycles. The van der Waals surface area contributed by atoms with Gasteiger partial charge in [0.15, 0.2) is 4.98 Å². The van der Waals surface area contributed by atoms with Crippen LogP contribution in [0.25, 0.3) is 4.98 Å². The first-order chi connectivity index (χ1) is 5.34. The van der Waals surface area contributed by atoms with E-state index < -0.39 is 0 Å². The van der Waals surface area contributed by atoms with Gasteiger partial charge in [0, 0.05) is 13.1 Å². The Hall–Kier alpha value is -1.28. The van der Waals surface area contributed by atoms with Crippen LogP contribution in [0.1, 0.15) is 0 Å². The Bertz CT molecular complexity index is 190. The molecule has 5 heteroatoms. The van der Waals surface area contributed by atoms with Gasteiger partial charge in [-0.05, 0) is 0 Å². The minimum atomic E-state index is -0.0178. The molecular weight excluding hydrogens is 146 g/mol. The fourth-order valence-electron chi connectivity index (χ4n) is 0.926. The fraction of sp³-hybridized carbons (Fsp3) is 0.667. The Kier molecular flexibility index (Phi) is 2.69. The van der Waals surface area contributed by atoms with E-state index in [1.807, 2.05) is 0 Å². The molecule has 0 aromatic rings. The maximum atomic E-state index is 9.15. The summed E-state index contributed by atoms with van der Waals surface area (Å²) in [7, 11) is 0. The van der Waals surface area contributed by atoms with Crippen molar-refractivity contribution in [2.45, 2.75) is 0 Å². The highest BCUT2D eigenvalue weighted by molar-refractivity contribution is 4.95. The van der Waals surface area contributed by atoms with Crippen molar-refractivity contribution in [1.29, 1.82) is 5.39 Å². The Morgan fingerprint density at radius 3 is 2.73 bits per heavy atom. The lowest BCUT2D eigenvalue weighted by atomic mass is 10.4. The number of aliphatic hydroxyl groups is 1. The summed E-state index contributed by atoms with van der Waals surface area (Å²) in [5, 5.41) is 17.2. The monoisotopic (exact) mass is 156 g/mol. The second kappa shape index (κ2) is 3.78. The quantitative estimate of drug-likeness (QED) is 0.444. The lowest BCUT2D eigenvalue weighted by Crippen LogP contribution is -2.35. The molecular formula is C6H10N3O2+. The Balaban J connectivity index is 2.46. The number of hydrogen-bond acceptors (Lipinski definition) is 4. The van der Waals surface area contributed by atoms with Crippen LogP contribution in [0.5, 0.6) is 0 Å². The van der Waals surface area contributed by atoms with E-state index in [4.69, 9.17) is 15.2 Å². The van der Waals surface area contributed by atoms with Crippen molar-refractivity contribution in [2.24, 2.45) is 0 Å². The standard InChI is InChI=1S/C6H9N3O2/c7-8-5-6(10)9-1-3-11-4-2-9/h5H,1-4H2/p+1/b6-5-. The molecule has 1 rings (SSSR count). The van der Waals surface area contributed by atoms with E-state index in [0.717, 1.165) is 6.20 Å². The molecule has 0 aromatic carbocycles. The van der Waals surface area contributed by atoms with Crippen LogP contribution in [0.2, 0.25) is 0 Å². The smallest absolute Gasteiger partial charge is 0.409 e. The molecule has 1 heterocycles. The van der Waals surface area contributed by atoms with Gasteiger partial charge in [-0.1, -0.05) is 0 Å². The van der Waals surface area contributed by atoms with Crippen LogP contribution in [0, 0.1) is 5.39 Å². The maximum absolute atomic E-state index is 9.15. The van der Waals surface area contributed by atoms with E-state index in [0.29, 0.717) is 26.3 Å². The van der Waals surface area contributed by atoms with E-state index >= 15 is 0 Å². The zero-order valence-electron chi connectivity index (χ0n) is 6.10. The number of hydrogen-bond donors (Lipinski definition) is 1. The van der Waals surface area contributed by atoms with E-state index in [9.17, 15) is 0 Å². The van der Waals surface area contributed by atoms with E-state index in [-0.39, 0.29) is 5.88 Å². The molecule has 0 bridgehead atoms. The van der Waals surface area contributed by atoms with E-state index in [2.05, 4.69) is 4.98 Å². The molecule has 1 aliphatic heterocycles. The Morgan fingerprint density at radius 2 is 2.18 bits per heavy atom. The number of diazo groups is 1. The van der Waals surface area contributed by atoms with Crippen molar-refractivity contribution < 1.29 is 9.84 Å². The van der Waals surface area contributed by atoms with Crippen LogP contribution in [0.15, 0.2) is 12.1 Å². The van der Waals surface area contributed by atoms with Gasteiger partial charge < -0.3 is 14.7 Å². The van der Waals surface area contributed by atoms with E-state index in [1.165, 1.54) is 0 Å². The third kappa shape index (κ3) is 2.09. The first-order valence-corrected chi connectivity index (χ1v) is 3.40. The SMILES string of the molecule is N#[N+]/C=C(\O)N1CCOCC1. The highest BCUT2D eigenvalue weighted by Gasteiger charge is 2.14. The van der Waals surface area contributed by atoms with Crippen molar-refractivity contribution in [2.75, 3.05) is 26.3 Å². The molecule has 1 N–H and O–H groups in total. The number of ether oxygens (including phenoxy) is 1. The summed E-state index contributed by atoms with van der Waals surface area (Å²) in [5.74, 6) is -0.0178. The number of morpholine rings is 1. The van der Waals surface area contributed by atoms with Crippen LogP contribution >= 0.6 is 0 Å². The molecule has 0 spiro atoms. The minimum Gasteiger partial charge on any atom is -0.489 e. The highest BCUT2D eigenvalue weighted by atomic mass is 16.5. The molecule has 0 unspecified atom stereocenters. The Morgan fingerprint density at radius 1 is 1.55 bits per heavy atom. The zero-order chi connectivity index (χ0) is 8.10. The molecule has 11 heavy (non-hydrogen) atoms. The largest absolute Gasteiger partial charge is 0.489 e. The molecule has 0 aliphatic carbocycles. The first kappa shape index (κ1) is 7.82. The summed E-state index contributed by atoms with van der Waals surface area (Å²) in [6, 6.07) is 0. The van der Waals surface area contributed by atoms with Crippen molar-refractivity contribution in [3.05, 3.63) is 17.1 Å². The van der Waals surface area contributed by atoms with Crippen LogP contribution in [-0.2, 0) is 4.74 Å². The topological polar surface area (TPSA) is 60.8 Å². The summed E-state index contributed by atoms with van der Waals surface area (Å²) in [5.41, 5.74) is 0. The van der Waals surface area contributed by atoms with Gasteiger partial charge >= 0.3 is 6.20 Å². The van der Waals surface area contributed by atoms with Crippen molar-refractivity contribution >= 4 is 0 Å². The van der Waals surface area contributed by atoms with Gasteiger partial charge in [-0.2, -0.15) is 0 Å². The summed E-state index contributed by atoms with van der Waals surface area (Å²) in [4.78, 5) is 4.40. The predicted molar refractivity (Wildman–Crippen MR) is 38.2 cm³/mol. The summed E-state index contributed by atoms with van der Waals surface area (Å²) < 4.78 is 5.05. The fourth-order valence-corrected chi connectivity index (χ4v) is 0.926. The first-order valence-electron chi connectivity index (χ1n) is 3.40. The highest BCUT2D eigenvalue weighted by Crippen LogP contribution is 2.03. The van der Waals surface area contributed by atoms with Gasteiger partial charge in [0.1, 0.15) is 0 Å². The lowest BCUT2D eigenvalue weighted by Gasteiger charge is -2.25. The van der Waals surface area contributed by atoms with Crippen molar-refractivity contribution in [3.63, 3.8) is 0 Å². The summed E-state index contributed by atoms with van der Waals surface area (Å²) in [6.07, 6.45) is 1.01. The third-order valence-corrected chi connectivity index (χ3v) is 1.51. The minimum absolute atomic E-state index is 0.0178. The molecule has 5 nitrogen and oxygen atoms in total. The molecule has 0 radical (unpaired) electrons. The Labute approximate surface area is 64.5 Å². The third-order valence-electron chi connectivity index (χ3n) is 1.51. The molecule has 1 fully saturated rings. The van der Waals surface area contributed by atoms with Gasteiger partial charge in [0.05, 0.1) is 13.2 Å². The van der Waals surface area contributed by atoms with Crippen LogP contribution < -0.4 is 0 Å². The lowest BCUT2D eigenvalue weighted by molar-refractivity contribution is 0.0315. The van der Waals surface area contributed by atoms with Crippen molar-refractivity contribution in [3.8, 4) is 0 Å². The summed E-state index contributed by atoms with van der Waals surface area (Å²) >= 11 is 0. The van der Waals surface area contributed by atoms with Crippen molar-refractivity contribution in [1.82, 2.24) is 4.90 Å². The predicted octanol–water partition coefficient (Wildman–Crippen LogP) is 0.529. The molecule has 1 aliphatic rings. The normalized spacial score (nSPS) is 19.5. The number of rotatable bonds is 1. The summed E-state index contributed by atoms with van der Waals surface area (Å²) in [6.45, 7) is 2.47. The molecule has 0 amide bonds. The van der Waals surface area contributed by atoms with Gasteiger partial charge in [-0.3, -0.25) is 0 Å². The van der Waals surface area contributed by atoms with Crippen LogP contribution in [0.3, 0.4) is 0 Å². The molecule has 0 aromatic heterocycles. The maximum Gasteiger partial charge on any atom is 0.409 e. The average molecular weight is 156 g/mol. The number of aliphatic hydroxyl groups excluding tert-OH is 1. The second-order valence-corrected chi connectivity index (χ2v) is 2.20. The van der Waals surface area contributed by atoms with Gasteiger partial charge in [-0.15, -0.1) is 0 Å². The van der Waals surface area contributed by atoms with Crippen LogP contribution in [0.4, 0.5) is 0 Å². The molecule has 1 saturated heterocycles. The zero-order valence-corrected chi connectivity index (χ0v) is 6.10. The molecule has 60 valence electrons. The second-order valence-electron chi connectivity index (χ2n) is 2.20. The van der Waals surface area contributed by atoms with E-state index in [1.54, 1.807) is 4.90 Å². The van der Waals surface area contributed by atoms with Gasteiger partial charge in [0.25, 0.3) is 5.88 Å². The molecule has 0 atom stereocenters. The van der Waals surface area contributed by atoms with Gasteiger partial charge in [0.2, 0.25) is 5.39 Å². The van der Waals surface area contributed by atoms with Crippen LogP contribution in [-0.4, -0.2) is 36.3 Å². The average Bonchev–Trinajstić information content (AvgIpc) is 2.07.